The molecule has 128 valence electrons. The van der Waals surface area contributed by atoms with E-state index in [4.69, 9.17) is 0 Å². The van der Waals surface area contributed by atoms with Crippen molar-refractivity contribution in [2.45, 2.75) is 6.18 Å². The van der Waals surface area contributed by atoms with E-state index in [-0.39, 0.29) is 5.78 Å². The van der Waals surface area contributed by atoms with Gasteiger partial charge in [-0.2, -0.15) is 13.2 Å². The number of carbonyl (C=O) groups excluding carboxylic acids is 1. The number of alkyl halides is 3. The fraction of sp³-hybridized carbons (Fsp3) is 0.353. The third kappa shape index (κ3) is 3.96. The molecule has 7 heteroatoms. The number of halogens is 3. The molecule has 3 rings (SSSR count). The van der Waals surface area contributed by atoms with Crippen molar-refractivity contribution in [1.29, 1.82) is 0 Å². The van der Waals surface area contributed by atoms with Gasteiger partial charge in [-0.3, -0.25) is 9.69 Å². The Labute approximate surface area is 142 Å². The van der Waals surface area contributed by atoms with Crippen molar-refractivity contribution in [3.05, 3.63) is 52.2 Å². The van der Waals surface area contributed by atoms with Gasteiger partial charge in [-0.05, 0) is 29.6 Å². The lowest BCUT2D eigenvalue weighted by molar-refractivity contribution is -0.137. The van der Waals surface area contributed by atoms with Gasteiger partial charge in [-0.15, -0.1) is 11.3 Å². The molecule has 3 nitrogen and oxygen atoms in total. The van der Waals surface area contributed by atoms with Crippen molar-refractivity contribution >= 4 is 22.8 Å². The zero-order valence-corrected chi connectivity index (χ0v) is 13.7. The molecular weight excluding hydrogens is 337 g/mol. The van der Waals surface area contributed by atoms with E-state index in [2.05, 4.69) is 0 Å². The van der Waals surface area contributed by atoms with Gasteiger partial charge >= 0.3 is 6.18 Å². The monoisotopic (exact) mass is 354 g/mol. The van der Waals surface area contributed by atoms with Crippen LogP contribution < -0.4 is 4.90 Å². The Morgan fingerprint density at radius 2 is 1.83 bits per heavy atom. The summed E-state index contributed by atoms with van der Waals surface area (Å²) < 4.78 is 38.4. The minimum Gasteiger partial charge on any atom is -0.369 e. The summed E-state index contributed by atoms with van der Waals surface area (Å²) in [5.74, 6) is 0.0949. The molecule has 0 spiro atoms. The standard InChI is InChI=1S/C17H17F3N2OS/c18-17(19,20)13-3-1-4-14(11-13)22-8-6-21(7-9-22)12-15(23)16-5-2-10-24-16/h1-5,10-11H,6-9,12H2. The second-order valence-electron chi connectivity index (χ2n) is 5.71. The normalized spacial score (nSPS) is 16.4. The summed E-state index contributed by atoms with van der Waals surface area (Å²) in [6.45, 7) is 2.90. The van der Waals surface area contributed by atoms with E-state index in [1.165, 1.54) is 23.5 Å². The van der Waals surface area contributed by atoms with Gasteiger partial charge in [0.05, 0.1) is 17.0 Å². The number of hydrogen-bond donors (Lipinski definition) is 0. The van der Waals surface area contributed by atoms with Crippen molar-refractivity contribution in [2.75, 3.05) is 37.6 Å². The van der Waals surface area contributed by atoms with Gasteiger partial charge in [0.2, 0.25) is 0 Å². The van der Waals surface area contributed by atoms with E-state index in [0.717, 1.165) is 10.9 Å². The molecule has 0 atom stereocenters. The van der Waals surface area contributed by atoms with E-state index in [0.29, 0.717) is 38.4 Å². The van der Waals surface area contributed by atoms with Gasteiger partial charge in [0.1, 0.15) is 0 Å². The number of Topliss-reactive ketones (excluding diaryl/α,β-unsaturated/α-hetero) is 1. The van der Waals surface area contributed by atoms with Gasteiger partial charge < -0.3 is 4.90 Å². The van der Waals surface area contributed by atoms with Gasteiger partial charge in [0.25, 0.3) is 0 Å². The Hall–Kier alpha value is -1.86. The Balaban J connectivity index is 1.58. The lowest BCUT2D eigenvalue weighted by atomic mass is 10.1. The molecule has 1 fully saturated rings. The van der Waals surface area contributed by atoms with E-state index in [1.807, 2.05) is 27.3 Å². The predicted octanol–water partition coefficient (Wildman–Crippen LogP) is 3.77. The van der Waals surface area contributed by atoms with Gasteiger partial charge in [0.15, 0.2) is 5.78 Å². The predicted molar refractivity (Wildman–Crippen MR) is 88.7 cm³/mol. The molecule has 1 aromatic carbocycles. The summed E-state index contributed by atoms with van der Waals surface area (Å²) in [6.07, 6.45) is -4.33. The molecule has 1 aliphatic rings. The second-order valence-corrected chi connectivity index (χ2v) is 6.66. The average molecular weight is 354 g/mol. The summed E-state index contributed by atoms with van der Waals surface area (Å²) in [5.41, 5.74) is -0.0515. The average Bonchev–Trinajstić information content (AvgIpc) is 3.09. The summed E-state index contributed by atoms with van der Waals surface area (Å²) >= 11 is 1.43. The van der Waals surface area contributed by atoms with Crippen molar-refractivity contribution < 1.29 is 18.0 Å². The number of benzene rings is 1. The third-order valence-corrected chi connectivity index (χ3v) is 4.99. The summed E-state index contributed by atoms with van der Waals surface area (Å²) in [5, 5.41) is 1.87. The Morgan fingerprint density at radius 1 is 1.08 bits per heavy atom. The molecule has 0 amide bonds. The lowest BCUT2D eigenvalue weighted by Gasteiger charge is -2.35. The van der Waals surface area contributed by atoms with Crippen LogP contribution in [0.1, 0.15) is 15.2 Å². The molecule has 0 bridgehead atoms. The molecule has 0 radical (unpaired) electrons. The number of ketones is 1. The maximum atomic E-state index is 12.8. The maximum absolute atomic E-state index is 12.8. The molecule has 1 aliphatic heterocycles. The first-order chi connectivity index (χ1) is 11.4. The van der Waals surface area contributed by atoms with Crippen molar-refractivity contribution in [2.24, 2.45) is 0 Å². The molecule has 1 aromatic heterocycles. The van der Waals surface area contributed by atoms with Crippen LogP contribution in [0.2, 0.25) is 0 Å². The quantitative estimate of drug-likeness (QED) is 0.781. The zero-order valence-electron chi connectivity index (χ0n) is 12.9. The van der Waals surface area contributed by atoms with Crippen LogP contribution in [0.15, 0.2) is 41.8 Å². The Bertz CT molecular complexity index is 692. The lowest BCUT2D eigenvalue weighted by Crippen LogP contribution is -2.48. The molecule has 1 saturated heterocycles. The number of piperazine rings is 1. The number of rotatable bonds is 4. The SMILES string of the molecule is O=C(CN1CCN(c2cccc(C(F)(F)F)c2)CC1)c1cccs1. The molecule has 2 aromatic rings. The smallest absolute Gasteiger partial charge is 0.369 e. The van der Waals surface area contributed by atoms with Crippen molar-refractivity contribution in [1.82, 2.24) is 4.90 Å². The van der Waals surface area contributed by atoms with E-state index < -0.39 is 11.7 Å². The van der Waals surface area contributed by atoms with Gasteiger partial charge in [-0.1, -0.05) is 12.1 Å². The first-order valence-electron chi connectivity index (χ1n) is 7.65. The summed E-state index contributed by atoms with van der Waals surface area (Å²) in [4.78, 5) is 16.8. The van der Waals surface area contributed by atoms with E-state index >= 15 is 0 Å². The first kappa shape index (κ1) is 17.0. The van der Waals surface area contributed by atoms with Crippen molar-refractivity contribution in [3.8, 4) is 0 Å². The zero-order chi connectivity index (χ0) is 17.2. The molecular formula is C17H17F3N2OS. The van der Waals surface area contributed by atoms with Gasteiger partial charge in [0, 0.05) is 31.9 Å². The molecule has 0 aliphatic carbocycles. The van der Waals surface area contributed by atoms with Crippen LogP contribution in [0.3, 0.4) is 0 Å². The molecule has 0 N–H and O–H groups in total. The van der Waals surface area contributed by atoms with E-state index in [9.17, 15) is 18.0 Å². The van der Waals surface area contributed by atoms with Crippen LogP contribution in [0.4, 0.5) is 18.9 Å². The number of nitrogens with zero attached hydrogens (tertiary/aromatic N) is 2. The fourth-order valence-corrected chi connectivity index (χ4v) is 3.42. The Kier molecular flexibility index (Phi) is 4.91. The number of carbonyl (C=O) groups is 1. The highest BCUT2D eigenvalue weighted by Crippen LogP contribution is 2.31. The largest absolute Gasteiger partial charge is 0.416 e. The van der Waals surface area contributed by atoms with Crippen molar-refractivity contribution in [3.63, 3.8) is 0 Å². The maximum Gasteiger partial charge on any atom is 0.416 e. The summed E-state index contributed by atoms with van der Waals surface area (Å²) in [6, 6.07) is 9.06. The van der Waals surface area contributed by atoms with Crippen LogP contribution in [0, 0.1) is 0 Å². The van der Waals surface area contributed by atoms with Crippen LogP contribution in [-0.2, 0) is 6.18 Å². The topological polar surface area (TPSA) is 23.6 Å². The Morgan fingerprint density at radius 3 is 2.46 bits per heavy atom. The minimum absolute atomic E-state index is 0.0949. The van der Waals surface area contributed by atoms with Crippen LogP contribution in [-0.4, -0.2) is 43.4 Å². The minimum atomic E-state index is -4.33. The molecule has 0 unspecified atom stereocenters. The summed E-state index contributed by atoms with van der Waals surface area (Å²) in [7, 11) is 0. The number of hydrogen-bond acceptors (Lipinski definition) is 4. The molecule has 24 heavy (non-hydrogen) atoms. The molecule has 0 saturated carbocycles. The first-order valence-corrected chi connectivity index (χ1v) is 8.53. The van der Waals surface area contributed by atoms with Crippen LogP contribution in [0.5, 0.6) is 0 Å². The number of anilines is 1. The van der Waals surface area contributed by atoms with Crippen LogP contribution >= 0.6 is 11.3 Å². The van der Waals surface area contributed by atoms with Gasteiger partial charge in [-0.25, -0.2) is 0 Å². The highest BCUT2D eigenvalue weighted by molar-refractivity contribution is 7.12. The fourth-order valence-electron chi connectivity index (χ4n) is 2.76. The number of thiophene rings is 1. The highest BCUT2D eigenvalue weighted by Gasteiger charge is 2.31. The van der Waals surface area contributed by atoms with E-state index in [1.54, 1.807) is 6.07 Å². The highest BCUT2D eigenvalue weighted by atomic mass is 32.1. The third-order valence-electron chi connectivity index (χ3n) is 4.07. The second kappa shape index (κ2) is 6.94. The molecule has 2 heterocycles. The van der Waals surface area contributed by atoms with Crippen LogP contribution in [0.25, 0.3) is 0 Å².